The monoisotopic (exact) mass is 735 g/mol. The maximum atomic E-state index is 6.25. The van der Waals surface area contributed by atoms with E-state index in [1.54, 1.807) is 0 Å². The zero-order valence-electron chi connectivity index (χ0n) is 32.1. The SMILES string of the molecule is CC1(C)c2ccccc2-c2ccc(N(c3ccc(-c4ccc(-c5ccc6c(c5)-c5ccccc5CCCO6)cc4)cc3)c3ccc4oc5ccccc5c4c3)cc21. The fourth-order valence-electron chi connectivity index (χ4n) is 9.28. The minimum Gasteiger partial charge on any atom is -0.493 e. The number of aryl methyl sites for hydroxylation is 1. The lowest BCUT2D eigenvalue weighted by atomic mass is 9.82. The average molecular weight is 736 g/mol. The molecular weight excluding hydrogens is 695 g/mol. The molecule has 8 aromatic carbocycles. The van der Waals surface area contributed by atoms with Gasteiger partial charge in [-0.2, -0.15) is 0 Å². The molecule has 2 heterocycles. The van der Waals surface area contributed by atoms with E-state index < -0.39 is 0 Å². The summed E-state index contributed by atoms with van der Waals surface area (Å²) in [7, 11) is 0. The minimum atomic E-state index is -0.107. The molecule has 0 N–H and O–H groups in total. The van der Waals surface area contributed by atoms with Gasteiger partial charge in [0.15, 0.2) is 0 Å². The van der Waals surface area contributed by atoms with Crippen LogP contribution in [0, 0.1) is 0 Å². The number of benzene rings is 8. The zero-order valence-corrected chi connectivity index (χ0v) is 32.1. The van der Waals surface area contributed by atoms with Gasteiger partial charge < -0.3 is 14.1 Å². The molecule has 274 valence electrons. The maximum absolute atomic E-state index is 6.25. The first-order chi connectivity index (χ1) is 28.0. The summed E-state index contributed by atoms with van der Waals surface area (Å²) in [5.74, 6) is 0.961. The van der Waals surface area contributed by atoms with Gasteiger partial charge in [0, 0.05) is 38.8 Å². The van der Waals surface area contributed by atoms with Crippen molar-refractivity contribution in [3.05, 3.63) is 193 Å². The molecule has 3 nitrogen and oxygen atoms in total. The van der Waals surface area contributed by atoms with E-state index in [9.17, 15) is 0 Å². The van der Waals surface area contributed by atoms with Gasteiger partial charge in [0.25, 0.3) is 0 Å². The largest absolute Gasteiger partial charge is 0.493 e. The summed E-state index contributed by atoms with van der Waals surface area (Å²) in [5, 5.41) is 2.23. The first kappa shape index (κ1) is 33.5. The Morgan fingerprint density at radius 3 is 1.91 bits per heavy atom. The van der Waals surface area contributed by atoms with Crippen LogP contribution in [-0.4, -0.2) is 6.61 Å². The highest BCUT2D eigenvalue weighted by Crippen LogP contribution is 2.51. The zero-order chi connectivity index (χ0) is 38.1. The summed E-state index contributed by atoms with van der Waals surface area (Å²) in [4.78, 5) is 2.38. The lowest BCUT2D eigenvalue weighted by Crippen LogP contribution is -2.16. The second-order valence-electron chi connectivity index (χ2n) is 16.0. The van der Waals surface area contributed by atoms with Crippen LogP contribution in [-0.2, 0) is 11.8 Å². The van der Waals surface area contributed by atoms with Crippen molar-refractivity contribution in [1.82, 2.24) is 0 Å². The van der Waals surface area contributed by atoms with Gasteiger partial charge in [0.05, 0.1) is 6.61 Å². The molecule has 2 aliphatic rings. The molecule has 3 heteroatoms. The molecule has 57 heavy (non-hydrogen) atoms. The topological polar surface area (TPSA) is 25.6 Å². The smallest absolute Gasteiger partial charge is 0.135 e. The molecule has 0 saturated carbocycles. The van der Waals surface area contributed by atoms with Gasteiger partial charge in [0.1, 0.15) is 16.9 Å². The third-order valence-electron chi connectivity index (χ3n) is 12.3. The summed E-state index contributed by atoms with van der Waals surface area (Å²) in [6.45, 7) is 5.43. The van der Waals surface area contributed by atoms with Gasteiger partial charge in [-0.25, -0.2) is 0 Å². The molecular formula is C54H41NO2. The van der Waals surface area contributed by atoms with Gasteiger partial charge in [-0.05, 0) is 129 Å². The van der Waals surface area contributed by atoms with Gasteiger partial charge in [-0.1, -0.05) is 129 Å². The highest BCUT2D eigenvalue weighted by Gasteiger charge is 2.35. The number of hydrogen-bond donors (Lipinski definition) is 0. The first-order valence-corrected chi connectivity index (χ1v) is 20.0. The van der Waals surface area contributed by atoms with Crippen LogP contribution >= 0.6 is 0 Å². The molecule has 1 aromatic heterocycles. The molecule has 0 saturated heterocycles. The van der Waals surface area contributed by atoms with Crippen molar-refractivity contribution in [3.63, 3.8) is 0 Å². The fraction of sp³-hybridized carbons (Fsp3) is 0.111. The molecule has 0 atom stereocenters. The number of para-hydroxylation sites is 1. The lowest BCUT2D eigenvalue weighted by molar-refractivity contribution is 0.310. The van der Waals surface area contributed by atoms with E-state index in [0.29, 0.717) is 0 Å². The van der Waals surface area contributed by atoms with Crippen molar-refractivity contribution < 1.29 is 9.15 Å². The van der Waals surface area contributed by atoms with E-state index in [1.807, 2.05) is 12.1 Å². The van der Waals surface area contributed by atoms with E-state index in [-0.39, 0.29) is 5.41 Å². The van der Waals surface area contributed by atoms with Crippen molar-refractivity contribution in [2.75, 3.05) is 11.5 Å². The van der Waals surface area contributed by atoms with Gasteiger partial charge >= 0.3 is 0 Å². The lowest BCUT2D eigenvalue weighted by Gasteiger charge is -2.28. The summed E-state index contributed by atoms with van der Waals surface area (Å²) < 4.78 is 12.4. The summed E-state index contributed by atoms with van der Waals surface area (Å²) >= 11 is 0. The van der Waals surface area contributed by atoms with E-state index in [2.05, 4.69) is 183 Å². The van der Waals surface area contributed by atoms with Crippen molar-refractivity contribution in [2.24, 2.45) is 0 Å². The molecule has 0 radical (unpaired) electrons. The number of fused-ring (bicyclic) bond motifs is 9. The van der Waals surface area contributed by atoms with Gasteiger partial charge in [-0.15, -0.1) is 0 Å². The van der Waals surface area contributed by atoms with Crippen LogP contribution in [0.4, 0.5) is 17.1 Å². The normalized spacial score (nSPS) is 13.9. The average Bonchev–Trinajstić information content (AvgIpc) is 3.73. The predicted octanol–water partition coefficient (Wildman–Crippen LogP) is 14.7. The molecule has 0 amide bonds. The van der Waals surface area contributed by atoms with Crippen molar-refractivity contribution >= 4 is 39.0 Å². The number of furan rings is 1. The number of ether oxygens (including phenoxy) is 1. The molecule has 0 bridgehead atoms. The highest BCUT2D eigenvalue weighted by atomic mass is 16.5. The van der Waals surface area contributed by atoms with E-state index in [4.69, 9.17) is 9.15 Å². The molecule has 9 aromatic rings. The molecule has 0 spiro atoms. The Kier molecular flexibility index (Phi) is 7.72. The number of rotatable bonds is 5. The standard InChI is InChI=1S/C54H41NO2/c1-54(2)49-15-7-5-13-44(49)45-28-26-42(34-50(45)54)55(41-27-30-53-48(33-41)46-14-6-8-16-52(46)57-53)40-24-21-36(22-25-40)35-17-19-37(20-18-35)39-23-29-51-47(32-39)43-12-4-3-10-38(43)11-9-31-56-51/h3-8,10,12-30,32-34H,9,11,31H2,1-2H3. The second-order valence-corrected chi connectivity index (χ2v) is 16.0. The van der Waals surface area contributed by atoms with E-state index >= 15 is 0 Å². The Morgan fingerprint density at radius 1 is 0.456 bits per heavy atom. The van der Waals surface area contributed by atoms with Crippen LogP contribution in [0.1, 0.15) is 37.0 Å². The predicted molar refractivity (Wildman–Crippen MR) is 236 cm³/mol. The highest BCUT2D eigenvalue weighted by molar-refractivity contribution is 6.06. The van der Waals surface area contributed by atoms with Crippen molar-refractivity contribution in [3.8, 4) is 50.3 Å². The maximum Gasteiger partial charge on any atom is 0.135 e. The van der Waals surface area contributed by atoms with Crippen LogP contribution in [0.5, 0.6) is 5.75 Å². The van der Waals surface area contributed by atoms with Crippen molar-refractivity contribution in [2.45, 2.75) is 32.1 Å². The Labute approximate surface area is 333 Å². The van der Waals surface area contributed by atoms with Crippen LogP contribution < -0.4 is 9.64 Å². The summed E-state index contributed by atoms with van der Waals surface area (Å²) in [6.07, 6.45) is 2.06. The molecule has 1 aliphatic heterocycles. The Balaban J connectivity index is 0.959. The van der Waals surface area contributed by atoms with Crippen LogP contribution in [0.15, 0.2) is 180 Å². The van der Waals surface area contributed by atoms with Crippen LogP contribution in [0.3, 0.4) is 0 Å². The number of nitrogens with zero attached hydrogens (tertiary/aromatic N) is 1. The molecule has 1 aliphatic carbocycles. The Morgan fingerprint density at radius 2 is 1.07 bits per heavy atom. The third kappa shape index (κ3) is 5.57. The first-order valence-electron chi connectivity index (χ1n) is 20.0. The summed E-state index contributed by atoms with van der Waals surface area (Å²) in [6, 6.07) is 64.0. The molecule has 0 unspecified atom stereocenters. The van der Waals surface area contributed by atoms with Gasteiger partial charge in [-0.3, -0.25) is 0 Å². The second kappa shape index (κ2) is 13.1. The molecule has 11 rings (SSSR count). The van der Waals surface area contributed by atoms with Gasteiger partial charge in [0.2, 0.25) is 0 Å². The minimum absolute atomic E-state index is 0.107. The van der Waals surface area contributed by atoms with Crippen LogP contribution in [0.25, 0.3) is 66.4 Å². The van der Waals surface area contributed by atoms with E-state index in [1.165, 1.54) is 61.2 Å². The summed E-state index contributed by atoms with van der Waals surface area (Å²) in [5.41, 5.74) is 18.9. The third-order valence-corrected chi connectivity index (χ3v) is 12.3. The van der Waals surface area contributed by atoms with Crippen LogP contribution in [0.2, 0.25) is 0 Å². The Hall–Kier alpha value is -6.84. The fourth-order valence-corrected chi connectivity index (χ4v) is 9.28. The Bertz CT molecular complexity index is 2990. The quantitative estimate of drug-likeness (QED) is 0.176. The number of anilines is 3. The van der Waals surface area contributed by atoms with Crippen molar-refractivity contribution in [1.29, 1.82) is 0 Å². The number of hydrogen-bond acceptors (Lipinski definition) is 3. The van der Waals surface area contributed by atoms with E-state index in [0.717, 1.165) is 64.2 Å². The molecule has 0 fully saturated rings.